The van der Waals surface area contributed by atoms with E-state index in [9.17, 15) is 0 Å². The largest absolute Gasteiger partial charge is 0.316 e. The Hall–Kier alpha value is -0.0400. The third kappa shape index (κ3) is 5.34. The SMILES string of the molecule is CC(C)CNCC1CCCCC1CC(C)C. The van der Waals surface area contributed by atoms with Crippen LogP contribution in [0.4, 0.5) is 0 Å². The molecular formula is C15H31N. The van der Waals surface area contributed by atoms with Gasteiger partial charge < -0.3 is 5.32 Å². The Labute approximate surface area is 102 Å². The Morgan fingerprint density at radius 2 is 1.56 bits per heavy atom. The van der Waals surface area contributed by atoms with Crippen molar-refractivity contribution in [3.63, 3.8) is 0 Å². The predicted molar refractivity (Wildman–Crippen MR) is 72.6 cm³/mol. The summed E-state index contributed by atoms with van der Waals surface area (Å²) in [7, 11) is 0. The van der Waals surface area contributed by atoms with Crippen LogP contribution in [0.2, 0.25) is 0 Å². The van der Waals surface area contributed by atoms with E-state index in [-0.39, 0.29) is 0 Å². The van der Waals surface area contributed by atoms with Gasteiger partial charge in [0, 0.05) is 0 Å². The van der Waals surface area contributed by atoms with E-state index in [0.717, 1.165) is 23.7 Å². The summed E-state index contributed by atoms with van der Waals surface area (Å²) in [6.07, 6.45) is 7.31. The molecule has 0 aromatic rings. The summed E-state index contributed by atoms with van der Waals surface area (Å²) in [5.74, 6) is 3.60. The third-order valence-corrected chi connectivity index (χ3v) is 3.80. The molecule has 0 aliphatic heterocycles. The van der Waals surface area contributed by atoms with Crippen LogP contribution in [0.1, 0.15) is 59.8 Å². The summed E-state index contributed by atoms with van der Waals surface area (Å²) in [5, 5.41) is 3.66. The van der Waals surface area contributed by atoms with E-state index >= 15 is 0 Å². The minimum absolute atomic E-state index is 0.784. The predicted octanol–water partition coefficient (Wildman–Crippen LogP) is 4.08. The molecule has 0 aromatic heterocycles. The third-order valence-electron chi connectivity index (χ3n) is 3.80. The van der Waals surface area contributed by atoms with E-state index in [4.69, 9.17) is 0 Å². The molecule has 0 heterocycles. The molecule has 0 radical (unpaired) electrons. The summed E-state index contributed by atoms with van der Waals surface area (Å²) < 4.78 is 0. The first-order valence-electron chi connectivity index (χ1n) is 7.30. The molecule has 96 valence electrons. The van der Waals surface area contributed by atoms with Gasteiger partial charge in [0.1, 0.15) is 0 Å². The lowest BCUT2D eigenvalue weighted by Gasteiger charge is -2.33. The topological polar surface area (TPSA) is 12.0 Å². The van der Waals surface area contributed by atoms with E-state index in [0.29, 0.717) is 0 Å². The highest BCUT2D eigenvalue weighted by Gasteiger charge is 2.25. The lowest BCUT2D eigenvalue weighted by atomic mass is 9.75. The molecule has 0 spiro atoms. The maximum Gasteiger partial charge on any atom is -0.00178 e. The molecule has 1 heteroatoms. The van der Waals surface area contributed by atoms with E-state index in [2.05, 4.69) is 33.0 Å². The van der Waals surface area contributed by atoms with Gasteiger partial charge in [0.15, 0.2) is 0 Å². The van der Waals surface area contributed by atoms with Crippen LogP contribution in [-0.4, -0.2) is 13.1 Å². The van der Waals surface area contributed by atoms with Crippen molar-refractivity contribution in [3.05, 3.63) is 0 Å². The molecule has 1 aliphatic carbocycles. The molecule has 0 amide bonds. The average Bonchev–Trinajstić information content (AvgIpc) is 2.19. The van der Waals surface area contributed by atoms with Gasteiger partial charge >= 0.3 is 0 Å². The van der Waals surface area contributed by atoms with Gasteiger partial charge in [-0.05, 0) is 49.6 Å². The number of nitrogens with one attached hydrogen (secondary N) is 1. The van der Waals surface area contributed by atoms with E-state index in [1.165, 1.54) is 45.2 Å². The molecule has 1 rings (SSSR count). The Bertz CT molecular complexity index is 174. The Morgan fingerprint density at radius 3 is 2.12 bits per heavy atom. The normalized spacial score (nSPS) is 26.6. The molecule has 1 saturated carbocycles. The van der Waals surface area contributed by atoms with Crippen molar-refractivity contribution in [1.29, 1.82) is 0 Å². The number of hydrogen-bond acceptors (Lipinski definition) is 1. The van der Waals surface area contributed by atoms with Crippen molar-refractivity contribution in [2.75, 3.05) is 13.1 Å². The molecule has 1 nitrogen and oxygen atoms in total. The average molecular weight is 225 g/mol. The molecule has 0 aromatic carbocycles. The molecule has 2 unspecified atom stereocenters. The van der Waals surface area contributed by atoms with E-state index < -0.39 is 0 Å². The molecule has 0 bridgehead atoms. The Balaban J connectivity index is 2.29. The van der Waals surface area contributed by atoms with Gasteiger partial charge in [-0.1, -0.05) is 47.0 Å². The second kappa shape index (κ2) is 7.32. The van der Waals surface area contributed by atoms with Gasteiger partial charge in [-0.25, -0.2) is 0 Å². The number of rotatable bonds is 6. The van der Waals surface area contributed by atoms with Gasteiger partial charge in [-0.3, -0.25) is 0 Å². The molecule has 2 atom stereocenters. The highest BCUT2D eigenvalue weighted by atomic mass is 14.9. The second-order valence-corrected chi connectivity index (χ2v) is 6.49. The fourth-order valence-electron chi connectivity index (χ4n) is 3.03. The van der Waals surface area contributed by atoms with Crippen molar-refractivity contribution in [2.45, 2.75) is 59.8 Å². The minimum atomic E-state index is 0.784. The summed E-state index contributed by atoms with van der Waals surface area (Å²) in [6, 6.07) is 0. The fourth-order valence-corrected chi connectivity index (χ4v) is 3.03. The first kappa shape index (κ1) is 14.0. The minimum Gasteiger partial charge on any atom is -0.316 e. The lowest BCUT2D eigenvalue weighted by Crippen LogP contribution is -2.33. The van der Waals surface area contributed by atoms with Crippen LogP contribution in [0.15, 0.2) is 0 Å². The zero-order chi connectivity index (χ0) is 12.0. The zero-order valence-electron chi connectivity index (χ0n) is 11.8. The van der Waals surface area contributed by atoms with Gasteiger partial charge in [-0.15, -0.1) is 0 Å². The molecule has 16 heavy (non-hydrogen) atoms. The summed E-state index contributed by atoms with van der Waals surface area (Å²) in [6.45, 7) is 11.8. The zero-order valence-corrected chi connectivity index (χ0v) is 11.8. The van der Waals surface area contributed by atoms with Crippen molar-refractivity contribution in [2.24, 2.45) is 23.7 Å². The maximum atomic E-state index is 3.66. The molecular weight excluding hydrogens is 194 g/mol. The summed E-state index contributed by atoms with van der Waals surface area (Å²) >= 11 is 0. The van der Waals surface area contributed by atoms with Crippen LogP contribution in [0.25, 0.3) is 0 Å². The van der Waals surface area contributed by atoms with Crippen molar-refractivity contribution >= 4 is 0 Å². The van der Waals surface area contributed by atoms with Crippen LogP contribution in [0, 0.1) is 23.7 Å². The van der Waals surface area contributed by atoms with Gasteiger partial charge in [0.05, 0.1) is 0 Å². The lowest BCUT2D eigenvalue weighted by molar-refractivity contribution is 0.198. The van der Waals surface area contributed by atoms with Crippen LogP contribution in [-0.2, 0) is 0 Å². The molecule has 1 aliphatic rings. The van der Waals surface area contributed by atoms with Gasteiger partial charge in [0.25, 0.3) is 0 Å². The second-order valence-electron chi connectivity index (χ2n) is 6.49. The summed E-state index contributed by atoms with van der Waals surface area (Å²) in [5.41, 5.74) is 0. The van der Waals surface area contributed by atoms with E-state index in [1.807, 2.05) is 0 Å². The smallest absolute Gasteiger partial charge is 0.00178 e. The Kier molecular flexibility index (Phi) is 6.41. The first-order valence-corrected chi connectivity index (χ1v) is 7.30. The molecule has 1 fully saturated rings. The highest BCUT2D eigenvalue weighted by Crippen LogP contribution is 2.33. The van der Waals surface area contributed by atoms with Crippen LogP contribution in [0.5, 0.6) is 0 Å². The van der Waals surface area contributed by atoms with Crippen LogP contribution in [0.3, 0.4) is 0 Å². The monoisotopic (exact) mass is 225 g/mol. The summed E-state index contributed by atoms with van der Waals surface area (Å²) in [4.78, 5) is 0. The Morgan fingerprint density at radius 1 is 0.938 bits per heavy atom. The van der Waals surface area contributed by atoms with Crippen LogP contribution < -0.4 is 5.32 Å². The van der Waals surface area contributed by atoms with Crippen molar-refractivity contribution in [3.8, 4) is 0 Å². The van der Waals surface area contributed by atoms with Gasteiger partial charge in [-0.2, -0.15) is 0 Å². The van der Waals surface area contributed by atoms with Crippen molar-refractivity contribution < 1.29 is 0 Å². The maximum absolute atomic E-state index is 3.66. The highest BCUT2D eigenvalue weighted by molar-refractivity contribution is 4.78. The first-order chi connectivity index (χ1) is 7.59. The van der Waals surface area contributed by atoms with Crippen molar-refractivity contribution in [1.82, 2.24) is 5.32 Å². The molecule has 0 saturated heterocycles. The molecule has 1 N–H and O–H groups in total. The fraction of sp³-hybridized carbons (Fsp3) is 1.00. The van der Waals surface area contributed by atoms with Gasteiger partial charge in [0.2, 0.25) is 0 Å². The standard InChI is InChI=1S/C15H31N/c1-12(2)9-14-7-5-6-8-15(14)11-16-10-13(3)4/h12-16H,5-11H2,1-4H3. The van der Waals surface area contributed by atoms with Crippen LogP contribution >= 0.6 is 0 Å². The number of hydrogen-bond donors (Lipinski definition) is 1. The van der Waals surface area contributed by atoms with E-state index in [1.54, 1.807) is 0 Å². The quantitative estimate of drug-likeness (QED) is 0.718.